The molecule has 292 valence electrons. The third kappa shape index (κ3) is 8.32. The molecule has 0 amide bonds. The molecule has 4 aliphatic rings. The van der Waals surface area contributed by atoms with Crippen molar-refractivity contribution in [1.82, 2.24) is 0 Å². The van der Waals surface area contributed by atoms with Gasteiger partial charge in [-0.2, -0.15) is 0 Å². The van der Waals surface area contributed by atoms with Crippen molar-refractivity contribution in [3.8, 4) is 0 Å². The van der Waals surface area contributed by atoms with E-state index in [4.69, 9.17) is 9.16 Å². The molecule has 2 aromatic rings. The maximum Gasteiger partial charge on any atom is 0.310 e. The topological polar surface area (TPSA) is 52.6 Å². The molecule has 53 heavy (non-hydrogen) atoms. The molecule has 4 saturated carbocycles. The highest BCUT2D eigenvalue weighted by Crippen LogP contribution is 2.69. The van der Waals surface area contributed by atoms with Crippen LogP contribution in [0.5, 0.6) is 0 Å². The Hall–Kier alpha value is -2.24. The molecule has 10 atom stereocenters. The monoisotopic (exact) mass is 741 g/mol. The van der Waals surface area contributed by atoms with E-state index in [-0.39, 0.29) is 40.8 Å². The van der Waals surface area contributed by atoms with Crippen molar-refractivity contribution < 1.29 is 18.8 Å². The highest BCUT2D eigenvalue weighted by atomic mass is 28.4. The fraction of sp³-hybridized carbons (Fsp3) is 0.708. The number of fused-ring (bicyclic) bond motifs is 5. The lowest BCUT2D eigenvalue weighted by Crippen LogP contribution is -2.61. The van der Waals surface area contributed by atoms with Crippen molar-refractivity contribution >= 4 is 20.1 Å². The highest BCUT2D eigenvalue weighted by molar-refractivity contribution is 6.74. The van der Waals surface area contributed by atoms with E-state index >= 15 is 0 Å². The Bertz CT molecular complexity index is 1560. The Kier molecular flexibility index (Phi) is 12.0. The maximum atomic E-state index is 13.5. The summed E-state index contributed by atoms with van der Waals surface area (Å²) >= 11 is 0. The van der Waals surface area contributed by atoms with Gasteiger partial charge >= 0.3 is 5.97 Å². The molecular formula is C48H72O4Si. The van der Waals surface area contributed by atoms with Crippen LogP contribution in [0.4, 0.5) is 0 Å². The summed E-state index contributed by atoms with van der Waals surface area (Å²) in [6.45, 7) is 24.6. The van der Waals surface area contributed by atoms with E-state index in [0.717, 1.165) is 60.3 Å². The van der Waals surface area contributed by atoms with Crippen molar-refractivity contribution in [3.63, 3.8) is 0 Å². The molecule has 5 heteroatoms. The van der Waals surface area contributed by atoms with E-state index in [0.29, 0.717) is 22.5 Å². The minimum atomic E-state index is -2.04. The van der Waals surface area contributed by atoms with Crippen LogP contribution in [-0.2, 0) is 20.4 Å². The van der Waals surface area contributed by atoms with Gasteiger partial charge in [0.05, 0.1) is 6.42 Å². The molecule has 4 nitrogen and oxygen atoms in total. The number of carbonyl (C=O) groups excluding carboxylic acids is 2. The average molecular weight is 741 g/mol. The minimum absolute atomic E-state index is 0.00354. The SMILES string of the molecule is CC(C)CCC[C@@H](C)[C@H]1CC[C@H]2[C@@H]3C[C@H](O[Si](C)(C)C(C)(C)C)[C@H]4C[C@H](OC(=O)Cc5ccc(C(=O)c6ccccc6)cc5)CC[C@]4(C)[C@H]3CC[C@]12C. The second kappa shape index (κ2) is 15.7. The Morgan fingerprint density at radius 2 is 1.43 bits per heavy atom. The van der Waals surface area contributed by atoms with Gasteiger partial charge in [0.2, 0.25) is 0 Å². The Labute approximate surface area is 324 Å². The molecule has 6 rings (SSSR count). The number of carbonyl (C=O) groups is 2. The Morgan fingerprint density at radius 3 is 2.09 bits per heavy atom. The van der Waals surface area contributed by atoms with Gasteiger partial charge in [0.25, 0.3) is 0 Å². The number of benzene rings is 2. The number of hydrogen-bond acceptors (Lipinski definition) is 4. The van der Waals surface area contributed by atoms with Crippen LogP contribution >= 0.6 is 0 Å². The van der Waals surface area contributed by atoms with Crippen LogP contribution in [0.15, 0.2) is 54.6 Å². The number of ketones is 1. The molecule has 0 bridgehead atoms. The highest BCUT2D eigenvalue weighted by Gasteiger charge is 2.63. The third-order valence-electron chi connectivity index (χ3n) is 16.0. The Balaban J connectivity index is 1.16. The van der Waals surface area contributed by atoms with Crippen LogP contribution in [0.25, 0.3) is 0 Å². The molecule has 0 aliphatic heterocycles. The standard InChI is InChI=1S/C48H72O4Si/c1-32(2)15-14-16-33(3)39-23-24-40-38-31-43(52-53(9,10)46(4,5)6)42-30-37(25-27-48(42,8)41(38)26-28-47(39,40)7)51-44(49)29-34-19-21-36(22-20-34)45(50)35-17-12-11-13-18-35/h11-13,17-22,32-33,37-43H,14-16,23-31H2,1-10H3/t33-,37-,38+,39-,40+,41+,42-,43+,47-,48-/m1/s1. The largest absolute Gasteiger partial charge is 0.462 e. The summed E-state index contributed by atoms with van der Waals surface area (Å²) in [5, 5.41) is 0.146. The zero-order valence-electron chi connectivity index (χ0n) is 35.0. The van der Waals surface area contributed by atoms with Gasteiger partial charge in [-0.05, 0) is 127 Å². The van der Waals surface area contributed by atoms with Gasteiger partial charge in [0.15, 0.2) is 14.1 Å². The van der Waals surface area contributed by atoms with E-state index in [1.807, 2.05) is 54.6 Å². The average Bonchev–Trinajstić information content (AvgIpc) is 3.46. The van der Waals surface area contributed by atoms with Crippen LogP contribution in [0.2, 0.25) is 18.1 Å². The third-order valence-corrected chi connectivity index (χ3v) is 20.5. The summed E-state index contributed by atoms with van der Waals surface area (Å²) < 4.78 is 13.9. The lowest BCUT2D eigenvalue weighted by Gasteiger charge is -2.64. The van der Waals surface area contributed by atoms with E-state index in [9.17, 15) is 9.59 Å². The van der Waals surface area contributed by atoms with Crippen molar-refractivity contribution in [2.45, 2.75) is 163 Å². The summed E-state index contributed by atoms with van der Waals surface area (Å²) in [6, 6.07) is 16.8. The molecule has 0 spiro atoms. The van der Waals surface area contributed by atoms with Crippen molar-refractivity contribution in [1.29, 1.82) is 0 Å². The molecule has 4 aliphatic carbocycles. The van der Waals surface area contributed by atoms with Crippen molar-refractivity contribution in [3.05, 3.63) is 71.3 Å². The van der Waals surface area contributed by atoms with Crippen LogP contribution < -0.4 is 0 Å². The predicted octanol–water partition coefficient (Wildman–Crippen LogP) is 12.5. The van der Waals surface area contributed by atoms with Crippen LogP contribution in [0.1, 0.15) is 148 Å². The van der Waals surface area contributed by atoms with Gasteiger partial charge in [-0.3, -0.25) is 9.59 Å². The summed E-state index contributed by atoms with van der Waals surface area (Å²) in [6.07, 6.45) is 14.2. The first kappa shape index (κ1) is 40.4. The lowest BCUT2D eigenvalue weighted by molar-refractivity contribution is -0.180. The van der Waals surface area contributed by atoms with Crippen molar-refractivity contribution in [2.75, 3.05) is 0 Å². The normalized spacial score (nSPS) is 33.5. The smallest absolute Gasteiger partial charge is 0.310 e. The van der Waals surface area contributed by atoms with Crippen LogP contribution in [-0.4, -0.2) is 32.3 Å². The minimum Gasteiger partial charge on any atom is -0.462 e. The molecule has 0 radical (unpaired) electrons. The number of hydrogen-bond donors (Lipinski definition) is 0. The molecule has 0 heterocycles. The first-order valence-corrected chi connectivity index (χ1v) is 24.4. The van der Waals surface area contributed by atoms with Gasteiger partial charge in [0, 0.05) is 17.2 Å². The maximum absolute atomic E-state index is 13.5. The second-order valence-corrected chi connectivity index (χ2v) is 25.4. The zero-order valence-corrected chi connectivity index (χ0v) is 36.0. The van der Waals surface area contributed by atoms with E-state index in [1.165, 1.54) is 51.4 Å². The quantitative estimate of drug-likeness (QED) is 0.123. The molecular weight excluding hydrogens is 669 g/mol. The molecule has 0 unspecified atom stereocenters. The fourth-order valence-electron chi connectivity index (χ4n) is 12.0. The van der Waals surface area contributed by atoms with Gasteiger partial charge < -0.3 is 9.16 Å². The number of ether oxygens (including phenoxy) is 1. The summed E-state index contributed by atoms with van der Waals surface area (Å²) in [5.74, 6) is 4.96. The summed E-state index contributed by atoms with van der Waals surface area (Å²) in [7, 11) is -2.04. The fourth-order valence-corrected chi connectivity index (χ4v) is 13.3. The van der Waals surface area contributed by atoms with E-state index in [1.54, 1.807) is 0 Å². The van der Waals surface area contributed by atoms with Gasteiger partial charge in [-0.15, -0.1) is 0 Å². The van der Waals surface area contributed by atoms with Gasteiger partial charge in [-0.25, -0.2) is 0 Å². The van der Waals surface area contributed by atoms with E-state index in [2.05, 4.69) is 68.5 Å². The molecule has 4 fully saturated rings. The molecule has 2 aromatic carbocycles. The zero-order chi connectivity index (χ0) is 38.3. The number of rotatable bonds is 12. The van der Waals surface area contributed by atoms with E-state index < -0.39 is 8.32 Å². The number of esters is 1. The van der Waals surface area contributed by atoms with Gasteiger partial charge in [-0.1, -0.05) is 129 Å². The first-order chi connectivity index (χ1) is 24.9. The first-order valence-electron chi connectivity index (χ1n) is 21.5. The molecule has 0 saturated heterocycles. The molecule has 0 N–H and O–H groups in total. The van der Waals surface area contributed by atoms with Gasteiger partial charge in [0.1, 0.15) is 6.10 Å². The summed E-state index contributed by atoms with van der Waals surface area (Å²) in [5.41, 5.74) is 2.85. The van der Waals surface area contributed by atoms with Crippen molar-refractivity contribution in [2.24, 2.45) is 52.3 Å². The predicted molar refractivity (Wildman–Crippen MR) is 220 cm³/mol. The Morgan fingerprint density at radius 1 is 0.792 bits per heavy atom. The molecule has 0 aromatic heterocycles. The second-order valence-electron chi connectivity index (χ2n) is 20.6. The van der Waals surface area contributed by atoms with Crippen LogP contribution in [0, 0.1) is 52.3 Å². The lowest BCUT2D eigenvalue weighted by atomic mass is 9.43. The van der Waals surface area contributed by atoms with Crippen LogP contribution in [0.3, 0.4) is 0 Å². The summed E-state index contributed by atoms with van der Waals surface area (Å²) in [4.78, 5) is 26.4.